The van der Waals surface area contributed by atoms with Crippen LogP contribution in [0.4, 0.5) is 0 Å². The molecule has 0 unspecified atom stereocenters. The number of methoxy groups -OCH3 is 1. The Balaban J connectivity index is 3.61. The van der Waals surface area contributed by atoms with E-state index in [0.29, 0.717) is 0 Å². The summed E-state index contributed by atoms with van der Waals surface area (Å²) in [5, 5.41) is 0. The number of esters is 1. The molecular formula is C25H50O2. The molecule has 0 amide bonds. The first-order chi connectivity index (χ1) is 13.3. The van der Waals surface area contributed by atoms with Crippen molar-refractivity contribution >= 4 is 5.97 Å². The molecule has 27 heavy (non-hydrogen) atoms. The van der Waals surface area contributed by atoms with Crippen LogP contribution in [-0.4, -0.2) is 13.1 Å². The van der Waals surface area contributed by atoms with Crippen LogP contribution in [0, 0.1) is 5.92 Å². The van der Waals surface area contributed by atoms with Crippen LogP contribution < -0.4 is 0 Å². The summed E-state index contributed by atoms with van der Waals surface area (Å²) in [6.07, 6.45) is 26.2. The van der Waals surface area contributed by atoms with Gasteiger partial charge in [-0.15, -0.1) is 0 Å². The van der Waals surface area contributed by atoms with Crippen molar-refractivity contribution in [2.24, 2.45) is 5.92 Å². The lowest BCUT2D eigenvalue weighted by Crippen LogP contribution is -2.16. The molecule has 2 nitrogen and oxygen atoms in total. The fraction of sp³-hybridized carbons (Fsp3) is 0.960. The second-order valence-corrected chi connectivity index (χ2v) is 8.45. The topological polar surface area (TPSA) is 26.3 Å². The van der Waals surface area contributed by atoms with Gasteiger partial charge in [0.2, 0.25) is 0 Å². The summed E-state index contributed by atoms with van der Waals surface area (Å²) < 4.78 is 5.04. The van der Waals surface area contributed by atoms with Gasteiger partial charge in [-0.05, 0) is 12.8 Å². The lowest BCUT2D eigenvalue weighted by molar-refractivity contribution is -0.146. The van der Waals surface area contributed by atoms with Crippen molar-refractivity contribution in [2.75, 3.05) is 7.11 Å². The van der Waals surface area contributed by atoms with E-state index in [1.165, 1.54) is 116 Å². The number of unbranched alkanes of at least 4 members (excludes halogenated alkanes) is 16. The van der Waals surface area contributed by atoms with Crippen LogP contribution >= 0.6 is 0 Å². The van der Waals surface area contributed by atoms with Crippen molar-refractivity contribution in [2.45, 2.75) is 142 Å². The molecule has 0 N–H and O–H groups in total. The lowest BCUT2D eigenvalue weighted by atomic mass is 9.94. The highest BCUT2D eigenvalue weighted by atomic mass is 16.5. The summed E-state index contributed by atoms with van der Waals surface area (Å²) in [6, 6.07) is 0. The molecule has 0 aromatic rings. The average Bonchev–Trinajstić information content (AvgIpc) is 2.69. The van der Waals surface area contributed by atoms with Gasteiger partial charge in [-0.1, -0.05) is 129 Å². The third kappa shape index (κ3) is 18.6. The monoisotopic (exact) mass is 382 g/mol. The minimum Gasteiger partial charge on any atom is -0.469 e. The minimum absolute atomic E-state index is 0.0223. The fourth-order valence-electron chi connectivity index (χ4n) is 3.95. The van der Waals surface area contributed by atoms with Gasteiger partial charge >= 0.3 is 5.97 Å². The molecule has 0 aromatic carbocycles. The van der Waals surface area contributed by atoms with Crippen LogP contribution in [0.3, 0.4) is 0 Å². The zero-order chi connectivity index (χ0) is 20.0. The van der Waals surface area contributed by atoms with E-state index in [1.807, 2.05) is 0 Å². The Morgan fingerprint density at radius 2 is 0.852 bits per heavy atom. The molecule has 0 aliphatic heterocycles. The largest absolute Gasteiger partial charge is 0.469 e. The van der Waals surface area contributed by atoms with E-state index < -0.39 is 0 Å². The van der Waals surface area contributed by atoms with Crippen molar-refractivity contribution < 1.29 is 9.53 Å². The Morgan fingerprint density at radius 1 is 0.556 bits per heavy atom. The summed E-state index contributed by atoms with van der Waals surface area (Å²) in [5.74, 6) is 0.165. The molecule has 2 heteroatoms. The molecule has 0 saturated heterocycles. The smallest absolute Gasteiger partial charge is 0.308 e. The molecule has 162 valence electrons. The van der Waals surface area contributed by atoms with Gasteiger partial charge in [0.15, 0.2) is 0 Å². The zero-order valence-electron chi connectivity index (χ0n) is 19.0. The van der Waals surface area contributed by atoms with Crippen molar-refractivity contribution in [1.82, 2.24) is 0 Å². The molecule has 0 aromatic heterocycles. The molecule has 0 radical (unpaired) electrons. The molecule has 0 atom stereocenters. The van der Waals surface area contributed by atoms with Gasteiger partial charge < -0.3 is 4.74 Å². The van der Waals surface area contributed by atoms with Crippen LogP contribution in [0.25, 0.3) is 0 Å². The molecule has 0 saturated carbocycles. The molecule has 0 rings (SSSR count). The summed E-state index contributed by atoms with van der Waals surface area (Å²) in [7, 11) is 1.54. The highest BCUT2D eigenvalue weighted by Gasteiger charge is 2.17. The Kier molecular flexibility index (Phi) is 21.3. The number of carbonyl (C=O) groups excluding carboxylic acids is 1. The van der Waals surface area contributed by atoms with Gasteiger partial charge in [0.1, 0.15) is 0 Å². The maximum Gasteiger partial charge on any atom is 0.308 e. The number of hydrogen-bond donors (Lipinski definition) is 0. The van der Waals surface area contributed by atoms with E-state index in [4.69, 9.17) is 4.74 Å². The van der Waals surface area contributed by atoms with Crippen molar-refractivity contribution in [3.63, 3.8) is 0 Å². The van der Waals surface area contributed by atoms with Crippen LogP contribution in [-0.2, 0) is 9.53 Å². The van der Waals surface area contributed by atoms with Crippen LogP contribution in [0.1, 0.15) is 142 Å². The van der Waals surface area contributed by atoms with Gasteiger partial charge in [0, 0.05) is 0 Å². The van der Waals surface area contributed by atoms with Crippen LogP contribution in [0.2, 0.25) is 0 Å². The average molecular weight is 383 g/mol. The normalized spacial score (nSPS) is 11.3. The van der Waals surface area contributed by atoms with Gasteiger partial charge in [-0.3, -0.25) is 4.79 Å². The number of hydrogen-bond acceptors (Lipinski definition) is 2. The Morgan fingerprint density at radius 3 is 1.15 bits per heavy atom. The Hall–Kier alpha value is -0.530. The maximum atomic E-state index is 12.0. The van der Waals surface area contributed by atoms with Crippen LogP contribution in [0.15, 0.2) is 0 Å². The quantitative estimate of drug-likeness (QED) is 0.147. The van der Waals surface area contributed by atoms with E-state index in [2.05, 4.69) is 13.8 Å². The summed E-state index contributed by atoms with van der Waals surface area (Å²) in [5.41, 5.74) is 0. The van der Waals surface area contributed by atoms with E-state index in [0.717, 1.165) is 12.8 Å². The summed E-state index contributed by atoms with van der Waals surface area (Å²) in [6.45, 7) is 4.54. The van der Waals surface area contributed by atoms with Crippen molar-refractivity contribution in [3.8, 4) is 0 Å². The number of carbonyl (C=O) groups is 1. The first-order valence-electron chi connectivity index (χ1n) is 12.3. The predicted octanol–water partition coefficient (Wildman–Crippen LogP) is 8.62. The fourth-order valence-corrected chi connectivity index (χ4v) is 3.95. The van der Waals surface area contributed by atoms with Gasteiger partial charge in [-0.25, -0.2) is 0 Å². The zero-order valence-corrected chi connectivity index (χ0v) is 19.0. The third-order valence-electron chi connectivity index (χ3n) is 5.85. The summed E-state index contributed by atoms with van der Waals surface area (Å²) in [4.78, 5) is 12.0. The molecule has 0 bridgehead atoms. The first-order valence-corrected chi connectivity index (χ1v) is 12.3. The van der Waals surface area contributed by atoms with Gasteiger partial charge in [0.25, 0.3) is 0 Å². The highest BCUT2D eigenvalue weighted by molar-refractivity contribution is 5.72. The highest BCUT2D eigenvalue weighted by Crippen LogP contribution is 2.21. The maximum absolute atomic E-state index is 12.0. The number of ether oxygens (including phenoxy) is 1. The molecule has 0 aliphatic rings. The number of rotatable bonds is 21. The predicted molar refractivity (Wildman–Crippen MR) is 119 cm³/mol. The van der Waals surface area contributed by atoms with Gasteiger partial charge in [-0.2, -0.15) is 0 Å². The van der Waals surface area contributed by atoms with Crippen LogP contribution in [0.5, 0.6) is 0 Å². The second kappa shape index (κ2) is 21.8. The first kappa shape index (κ1) is 26.5. The molecule has 0 aliphatic carbocycles. The van der Waals surface area contributed by atoms with Crippen molar-refractivity contribution in [1.29, 1.82) is 0 Å². The standard InChI is InChI=1S/C25H50O2/c1-4-6-8-10-12-14-16-18-20-22-24(25(26)27-3)23-21-19-17-15-13-11-9-7-5-2/h24H,4-23H2,1-3H3. The minimum atomic E-state index is 0.0223. The lowest BCUT2D eigenvalue weighted by Gasteiger charge is -2.14. The van der Waals surface area contributed by atoms with E-state index in [-0.39, 0.29) is 11.9 Å². The second-order valence-electron chi connectivity index (χ2n) is 8.45. The van der Waals surface area contributed by atoms with Gasteiger partial charge in [0.05, 0.1) is 13.0 Å². The van der Waals surface area contributed by atoms with E-state index >= 15 is 0 Å². The Labute approximate surface area is 171 Å². The molecule has 0 heterocycles. The Bertz CT molecular complexity index is 279. The third-order valence-corrected chi connectivity index (χ3v) is 5.85. The van der Waals surface area contributed by atoms with E-state index in [1.54, 1.807) is 7.11 Å². The SMILES string of the molecule is CCCCCCCCCCCC(CCCCCCCCCCC)C(=O)OC. The molecule has 0 fully saturated rings. The summed E-state index contributed by atoms with van der Waals surface area (Å²) >= 11 is 0. The van der Waals surface area contributed by atoms with Crippen molar-refractivity contribution in [3.05, 3.63) is 0 Å². The molecular weight excluding hydrogens is 332 g/mol. The molecule has 0 spiro atoms. The van der Waals surface area contributed by atoms with E-state index in [9.17, 15) is 4.79 Å².